The lowest BCUT2D eigenvalue weighted by Gasteiger charge is -2.22. The van der Waals surface area contributed by atoms with Crippen LogP contribution in [-0.2, 0) is 20.2 Å². The van der Waals surface area contributed by atoms with Crippen molar-refractivity contribution in [2.45, 2.75) is 55.2 Å². The number of rotatable bonds is 11. The summed E-state index contributed by atoms with van der Waals surface area (Å²) in [5, 5.41) is 1.04. The van der Waals surface area contributed by atoms with Gasteiger partial charge in [0.2, 0.25) is 0 Å². The molecule has 0 fully saturated rings. The molecule has 2 aliphatic heterocycles. The van der Waals surface area contributed by atoms with Gasteiger partial charge in [0.25, 0.3) is 20.2 Å². The number of allylic oxidation sites excluding steroid dienone is 2. The minimum atomic E-state index is -4.04. The summed E-state index contributed by atoms with van der Waals surface area (Å²) in [6, 6.07) is 12.6. The molecule has 0 spiro atoms. The summed E-state index contributed by atoms with van der Waals surface area (Å²) in [4.78, 5) is 5.55. The summed E-state index contributed by atoms with van der Waals surface area (Å²) >= 11 is 3.40. The molecule has 0 aromatic heterocycles. The van der Waals surface area contributed by atoms with E-state index in [0.29, 0.717) is 25.9 Å². The van der Waals surface area contributed by atoms with Crippen LogP contribution in [0.5, 0.6) is 0 Å². The Morgan fingerprint density at radius 3 is 2.28 bits per heavy atom. The third-order valence-corrected chi connectivity index (χ3v) is 10.7. The van der Waals surface area contributed by atoms with Gasteiger partial charge in [0.15, 0.2) is 5.37 Å². The topological polar surface area (TPSA) is 116 Å². The number of thioether (sulfide) groups is 2. The number of hydrogen-bond acceptors (Lipinski definition) is 7. The Hall–Kier alpha value is -1.80. The molecule has 212 valence electrons. The molecule has 0 saturated carbocycles. The Balaban J connectivity index is 1.62. The van der Waals surface area contributed by atoms with Crippen molar-refractivity contribution in [3.63, 3.8) is 0 Å². The van der Waals surface area contributed by atoms with E-state index in [0.717, 1.165) is 54.2 Å². The lowest BCUT2D eigenvalue weighted by atomic mass is 10.1. The molecule has 2 heterocycles. The van der Waals surface area contributed by atoms with Crippen LogP contribution in [0, 0.1) is 13.8 Å². The van der Waals surface area contributed by atoms with Crippen molar-refractivity contribution in [1.29, 1.82) is 0 Å². The van der Waals surface area contributed by atoms with Gasteiger partial charge in [-0.15, -0.1) is 0 Å². The van der Waals surface area contributed by atoms with Crippen molar-refractivity contribution >= 4 is 55.1 Å². The summed E-state index contributed by atoms with van der Waals surface area (Å²) in [7, 11) is -8.06. The highest BCUT2D eigenvalue weighted by Crippen LogP contribution is 2.47. The molecule has 3 N–H and O–H groups in total. The van der Waals surface area contributed by atoms with Crippen molar-refractivity contribution in [2.75, 3.05) is 29.5 Å². The number of nitrogens with zero attached hydrogens (tertiary/aromatic N) is 1. The average Bonchev–Trinajstić information content (AvgIpc) is 3.34. The summed E-state index contributed by atoms with van der Waals surface area (Å²) in [6.45, 7) is 7.19. The lowest BCUT2D eigenvalue weighted by molar-refractivity contribution is -0.835. The summed E-state index contributed by atoms with van der Waals surface area (Å²) < 4.78 is 63.8. The maximum atomic E-state index is 11.3. The highest BCUT2D eigenvalue weighted by atomic mass is 32.2. The van der Waals surface area contributed by atoms with Crippen LogP contribution in [0.4, 0.5) is 11.4 Å². The van der Waals surface area contributed by atoms with Crippen molar-refractivity contribution in [3.8, 4) is 0 Å². The first kappa shape index (κ1) is 30.2. The Morgan fingerprint density at radius 1 is 0.974 bits per heavy atom. The fourth-order valence-corrected chi connectivity index (χ4v) is 8.31. The van der Waals surface area contributed by atoms with Gasteiger partial charge in [-0.3, -0.25) is 14.0 Å². The Bertz CT molecular complexity index is 1500. The second-order valence-corrected chi connectivity index (χ2v) is 15.3. The second-order valence-electron chi connectivity index (χ2n) is 9.90. The van der Waals surface area contributed by atoms with Crippen LogP contribution in [0.15, 0.2) is 68.9 Å². The minimum Gasteiger partial charge on any atom is -0.335 e. The van der Waals surface area contributed by atoms with Gasteiger partial charge >= 0.3 is 0 Å². The number of anilines is 1. The van der Waals surface area contributed by atoms with Crippen LogP contribution in [-0.4, -0.2) is 55.9 Å². The molecule has 0 amide bonds. The molecule has 39 heavy (non-hydrogen) atoms. The van der Waals surface area contributed by atoms with Crippen LogP contribution in [0.25, 0.3) is 0 Å². The monoisotopic (exact) mass is 611 g/mol. The molecule has 2 atom stereocenters. The van der Waals surface area contributed by atoms with E-state index in [4.69, 9.17) is 0 Å². The molecule has 0 bridgehead atoms. The van der Waals surface area contributed by atoms with E-state index in [1.54, 1.807) is 23.5 Å². The number of hydrogen-bond donors (Lipinski definition) is 3. The molecule has 2 aromatic rings. The van der Waals surface area contributed by atoms with Crippen molar-refractivity contribution in [1.82, 2.24) is 0 Å². The first-order chi connectivity index (χ1) is 18.3. The lowest BCUT2D eigenvalue weighted by Crippen LogP contribution is -3.09. The molecule has 2 aliphatic rings. The Labute approximate surface area is 240 Å². The number of benzene rings is 2. The highest BCUT2D eigenvalue weighted by molar-refractivity contribution is 8.03. The van der Waals surface area contributed by atoms with Gasteiger partial charge in [0.1, 0.15) is 5.69 Å². The number of nitrogens with one attached hydrogen (secondary N) is 1. The molecule has 8 nitrogen and oxygen atoms in total. The molecule has 0 aliphatic carbocycles. The Morgan fingerprint density at radius 2 is 1.62 bits per heavy atom. The minimum absolute atomic E-state index is 0.0407. The number of fused-ring (bicyclic) bond motifs is 2. The van der Waals surface area contributed by atoms with E-state index in [1.165, 1.54) is 0 Å². The maximum absolute atomic E-state index is 11.3. The van der Waals surface area contributed by atoms with E-state index in [-0.39, 0.29) is 16.9 Å². The molecular weight excluding hydrogens is 577 g/mol. The van der Waals surface area contributed by atoms with Gasteiger partial charge in [-0.1, -0.05) is 42.6 Å². The molecule has 0 saturated heterocycles. The zero-order valence-electron chi connectivity index (χ0n) is 22.3. The highest BCUT2D eigenvalue weighted by Gasteiger charge is 2.34. The SMILES string of the molecule is CCC(/C=C1\Sc2ccc(C)cc2N1CCCS(=O)(=O)O)=C\C1Sc2ccc(C)cc2[NH+]1CCCS(=O)(=O)O. The van der Waals surface area contributed by atoms with Crippen LogP contribution < -0.4 is 9.80 Å². The van der Waals surface area contributed by atoms with E-state index < -0.39 is 20.2 Å². The quantitative estimate of drug-likeness (QED) is 0.314. The van der Waals surface area contributed by atoms with Gasteiger partial charge in [0, 0.05) is 23.9 Å². The summed E-state index contributed by atoms with van der Waals surface area (Å²) in [5.74, 6) is -0.562. The van der Waals surface area contributed by atoms with Gasteiger partial charge in [0.05, 0.1) is 33.7 Å². The van der Waals surface area contributed by atoms with Crippen molar-refractivity contribution < 1.29 is 30.8 Å². The third kappa shape index (κ3) is 8.12. The fourth-order valence-electron chi connectivity index (χ4n) is 4.79. The molecule has 0 radical (unpaired) electrons. The standard InChI is InChI=1S/C27H34N2O6S4/c1-4-21(17-26-28(11-5-13-38(30,31)32)22-15-19(2)7-9-24(22)36-26)18-27-29(12-6-14-39(33,34)35)23-16-20(3)8-10-25(23)37-27/h7-10,15-18,26H,4-6,11-14H2,1-3H3,(H,30,31,32)(H,33,34,35)/p+1/b21-17+,27-18-. The number of aryl methyl sites for hydroxylation is 2. The van der Waals surface area contributed by atoms with Gasteiger partial charge in [-0.05, 0) is 73.7 Å². The fraction of sp³-hybridized carbons (Fsp3) is 0.407. The van der Waals surface area contributed by atoms with E-state index in [1.807, 2.05) is 13.8 Å². The first-order valence-electron chi connectivity index (χ1n) is 12.8. The zero-order chi connectivity index (χ0) is 28.4. The first-order valence-corrected chi connectivity index (χ1v) is 17.8. The Kier molecular flexibility index (Phi) is 9.57. The van der Waals surface area contributed by atoms with Crippen molar-refractivity contribution in [2.24, 2.45) is 0 Å². The van der Waals surface area contributed by atoms with Gasteiger partial charge < -0.3 is 4.90 Å². The van der Waals surface area contributed by atoms with Crippen LogP contribution in [0.3, 0.4) is 0 Å². The summed E-state index contributed by atoms with van der Waals surface area (Å²) in [6.07, 6.45) is 5.82. The molecular formula is C27H35N2O6S4+. The second kappa shape index (κ2) is 12.4. The predicted octanol–water partition coefficient (Wildman–Crippen LogP) is 4.60. The van der Waals surface area contributed by atoms with Crippen LogP contribution in [0.2, 0.25) is 0 Å². The molecule has 2 unspecified atom stereocenters. The van der Waals surface area contributed by atoms with Crippen LogP contribution in [0.1, 0.15) is 37.3 Å². The average molecular weight is 612 g/mol. The maximum Gasteiger partial charge on any atom is 0.265 e. The predicted molar refractivity (Wildman–Crippen MR) is 159 cm³/mol. The third-order valence-electron chi connectivity index (χ3n) is 6.68. The largest absolute Gasteiger partial charge is 0.335 e. The van der Waals surface area contributed by atoms with Crippen LogP contribution >= 0.6 is 23.5 Å². The summed E-state index contributed by atoms with van der Waals surface area (Å²) in [5.41, 5.74) is 5.55. The van der Waals surface area contributed by atoms with E-state index in [2.05, 4.69) is 60.4 Å². The van der Waals surface area contributed by atoms with Crippen molar-refractivity contribution in [3.05, 3.63) is 70.3 Å². The smallest absolute Gasteiger partial charge is 0.265 e. The van der Waals surface area contributed by atoms with E-state index >= 15 is 0 Å². The van der Waals surface area contributed by atoms with Gasteiger partial charge in [-0.25, -0.2) is 0 Å². The number of quaternary nitrogens is 1. The normalized spacial score (nSPS) is 20.5. The van der Waals surface area contributed by atoms with Gasteiger partial charge in [-0.2, -0.15) is 16.8 Å². The molecule has 12 heteroatoms. The zero-order valence-corrected chi connectivity index (χ0v) is 25.5. The molecule has 4 rings (SSSR count). The molecule has 2 aromatic carbocycles. The van der Waals surface area contributed by atoms with E-state index in [9.17, 15) is 25.9 Å².